The first-order chi connectivity index (χ1) is 8.86. The molecular weight excluding hydrogens is 222 g/mol. The third kappa shape index (κ3) is 2.12. The summed E-state index contributed by atoms with van der Waals surface area (Å²) in [7, 11) is 0. The molecule has 1 saturated heterocycles. The van der Waals surface area contributed by atoms with Crippen LogP contribution >= 0.6 is 0 Å². The van der Waals surface area contributed by atoms with Gasteiger partial charge in [0, 0.05) is 23.6 Å². The predicted molar refractivity (Wildman–Crippen MR) is 72.1 cm³/mol. The first-order valence-electron chi connectivity index (χ1n) is 6.55. The van der Waals surface area contributed by atoms with E-state index in [1.54, 1.807) is 0 Å². The molecule has 3 rings (SSSR count). The van der Waals surface area contributed by atoms with Crippen molar-refractivity contribution < 1.29 is 0 Å². The van der Waals surface area contributed by atoms with Gasteiger partial charge in [-0.15, -0.1) is 0 Å². The van der Waals surface area contributed by atoms with Crippen LogP contribution in [0.15, 0.2) is 24.4 Å². The van der Waals surface area contributed by atoms with Gasteiger partial charge in [-0.3, -0.25) is 4.90 Å². The first-order valence-corrected chi connectivity index (χ1v) is 6.55. The van der Waals surface area contributed by atoms with Gasteiger partial charge in [-0.25, -0.2) is 0 Å². The third-order valence-electron chi connectivity index (χ3n) is 3.71. The van der Waals surface area contributed by atoms with Crippen LogP contribution in [0.2, 0.25) is 0 Å². The van der Waals surface area contributed by atoms with Crippen molar-refractivity contribution in [1.29, 1.82) is 5.26 Å². The molecule has 0 radical (unpaired) electrons. The van der Waals surface area contributed by atoms with E-state index in [2.05, 4.69) is 34.2 Å². The molecule has 2 aromatic rings. The molecule has 1 fully saturated rings. The predicted octanol–water partition coefficient (Wildman–Crippen LogP) is 2.83. The highest BCUT2D eigenvalue weighted by molar-refractivity contribution is 5.84. The zero-order chi connectivity index (χ0) is 12.4. The Morgan fingerprint density at radius 2 is 2.11 bits per heavy atom. The highest BCUT2D eigenvalue weighted by Gasteiger charge is 2.12. The Kier molecular flexibility index (Phi) is 3.04. The molecule has 1 aromatic heterocycles. The molecule has 0 spiro atoms. The van der Waals surface area contributed by atoms with E-state index in [0.717, 1.165) is 17.6 Å². The number of hydrogen-bond acceptors (Lipinski definition) is 2. The van der Waals surface area contributed by atoms with Crippen molar-refractivity contribution in [3.05, 3.63) is 35.5 Å². The number of benzene rings is 1. The van der Waals surface area contributed by atoms with E-state index < -0.39 is 0 Å². The van der Waals surface area contributed by atoms with Gasteiger partial charge in [-0.05, 0) is 43.1 Å². The number of aromatic amines is 1. The van der Waals surface area contributed by atoms with Crippen LogP contribution in [-0.4, -0.2) is 23.0 Å². The van der Waals surface area contributed by atoms with Gasteiger partial charge in [0.05, 0.1) is 12.5 Å². The molecule has 0 unspecified atom stereocenters. The number of hydrogen-bond donors (Lipinski definition) is 1. The number of nitrogens with zero attached hydrogens (tertiary/aromatic N) is 2. The molecule has 0 amide bonds. The monoisotopic (exact) mass is 239 g/mol. The van der Waals surface area contributed by atoms with Crippen molar-refractivity contribution in [2.75, 3.05) is 13.1 Å². The molecular formula is C15H17N3. The minimum atomic E-state index is 0.478. The summed E-state index contributed by atoms with van der Waals surface area (Å²) in [6.45, 7) is 3.49. The Morgan fingerprint density at radius 3 is 2.89 bits per heavy atom. The summed E-state index contributed by atoms with van der Waals surface area (Å²) in [5.74, 6) is 0. The number of nitrogens with one attached hydrogen (secondary N) is 1. The molecule has 3 nitrogen and oxygen atoms in total. The summed E-state index contributed by atoms with van der Waals surface area (Å²) < 4.78 is 0. The molecule has 0 aliphatic carbocycles. The molecule has 1 N–H and O–H groups in total. The normalized spacial score (nSPS) is 16.2. The molecule has 0 atom stereocenters. The molecule has 2 heterocycles. The smallest absolute Gasteiger partial charge is 0.0670 e. The highest BCUT2D eigenvalue weighted by atomic mass is 15.1. The van der Waals surface area contributed by atoms with Crippen LogP contribution in [0.4, 0.5) is 0 Å². The van der Waals surface area contributed by atoms with E-state index in [9.17, 15) is 0 Å². The number of H-pyrrole nitrogens is 1. The van der Waals surface area contributed by atoms with Gasteiger partial charge in [0.1, 0.15) is 0 Å². The second kappa shape index (κ2) is 4.83. The largest absolute Gasteiger partial charge is 0.361 e. The average Bonchev–Trinajstić information content (AvgIpc) is 3.00. The topological polar surface area (TPSA) is 42.8 Å². The zero-order valence-corrected chi connectivity index (χ0v) is 10.4. The Labute approximate surface area is 107 Å². The lowest BCUT2D eigenvalue weighted by molar-refractivity contribution is 0.331. The summed E-state index contributed by atoms with van der Waals surface area (Å²) in [4.78, 5) is 5.77. The van der Waals surface area contributed by atoms with E-state index in [4.69, 9.17) is 5.26 Å². The van der Waals surface area contributed by atoms with E-state index in [0.29, 0.717) is 6.42 Å². The lowest BCUT2D eigenvalue weighted by Gasteiger charge is -2.14. The lowest BCUT2D eigenvalue weighted by Crippen LogP contribution is -2.18. The molecule has 18 heavy (non-hydrogen) atoms. The number of likely N-dealkylation sites (tertiary alicyclic amines) is 1. The maximum absolute atomic E-state index is 8.77. The maximum Gasteiger partial charge on any atom is 0.0670 e. The van der Waals surface area contributed by atoms with E-state index in [1.165, 1.54) is 36.9 Å². The van der Waals surface area contributed by atoms with Crippen molar-refractivity contribution in [3.63, 3.8) is 0 Å². The van der Waals surface area contributed by atoms with Crippen molar-refractivity contribution in [2.24, 2.45) is 0 Å². The molecule has 92 valence electrons. The maximum atomic E-state index is 8.77. The highest BCUT2D eigenvalue weighted by Crippen LogP contribution is 2.21. The van der Waals surface area contributed by atoms with Gasteiger partial charge < -0.3 is 4.98 Å². The van der Waals surface area contributed by atoms with Crippen molar-refractivity contribution in [1.82, 2.24) is 9.88 Å². The fourth-order valence-corrected chi connectivity index (χ4v) is 2.76. The second-order valence-electron chi connectivity index (χ2n) is 5.01. The van der Waals surface area contributed by atoms with Crippen molar-refractivity contribution in [3.8, 4) is 6.07 Å². The van der Waals surface area contributed by atoms with Crippen LogP contribution in [0.25, 0.3) is 10.9 Å². The number of fused-ring (bicyclic) bond motifs is 1. The first kappa shape index (κ1) is 11.3. The van der Waals surface area contributed by atoms with Crippen LogP contribution in [-0.2, 0) is 13.0 Å². The molecule has 0 saturated carbocycles. The molecule has 1 aliphatic rings. The fraction of sp³-hybridized carbons (Fsp3) is 0.400. The van der Waals surface area contributed by atoms with Crippen LogP contribution in [0.1, 0.15) is 24.0 Å². The third-order valence-corrected chi connectivity index (χ3v) is 3.71. The summed E-state index contributed by atoms with van der Waals surface area (Å²) >= 11 is 0. The van der Waals surface area contributed by atoms with Gasteiger partial charge in [-0.2, -0.15) is 5.26 Å². The molecule has 0 bridgehead atoms. The fourth-order valence-electron chi connectivity index (χ4n) is 2.76. The van der Waals surface area contributed by atoms with Crippen LogP contribution < -0.4 is 0 Å². The van der Waals surface area contributed by atoms with E-state index in [-0.39, 0.29) is 0 Å². The van der Waals surface area contributed by atoms with E-state index >= 15 is 0 Å². The Hall–Kier alpha value is -1.79. The summed E-state index contributed by atoms with van der Waals surface area (Å²) in [6, 6.07) is 8.76. The molecule has 3 heteroatoms. The van der Waals surface area contributed by atoms with Gasteiger partial charge in [0.25, 0.3) is 0 Å². The van der Waals surface area contributed by atoms with Crippen LogP contribution in [0.3, 0.4) is 0 Å². The van der Waals surface area contributed by atoms with Crippen LogP contribution in [0.5, 0.6) is 0 Å². The van der Waals surface area contributed by atoms with E-state index in [1.807, 2.05) is 6.20 Å². The number of rotatable bonds is 3. The SMILES string of the molecule is N#CCc1c[nH]c2cc(CN3CCCC3)ccc12. The van der Waals surface area contributed by atoms with Gasteiger partial charge in [0.2, 0.25) is 0 Å². The summed E-state index contributed by atoms with van der Waals surface area (Å²) in [5.41, 5.74) is 3.60. The molecule has 1 aliphatic heterocycles. The number of nitriles is 1. The minimum absolute atomic E-state index is 0.478. The van der Waals surface area contributed by atoms with Crippen molar-refractivity contribution in [2.45, 2.75) is 25.8 Å². The van der Waals surface area contributed by atoms with Crippen molar-refractivity contribution >= 4 is 10.9 Å². The second-order valence-corrected chi connectivity index (χ2v) is 5.01. The zero-order valence-electron chi connectivity index (χ0n) is 10.4. The minimum Gasteiger partial charge on any atom is -0.361 e. The van der Waals surface area contributed by atoms with Crippen LogP contribution in [0, 0.1) is 11.3 Å². The standard InChI is InChI=1S/C15H17N3/c16-6-5-13-10-17-15-9-12(3-4-14(13)15)11-18-7-1-2-8-18/h3-4,9-10,17H,1-2,5,7-8,11H2. The Bertz CT molecular complexity index is 585. The summed E-state index contributed by atoms with van der Waals surface area (Å²) in [6.07, 6.45) is 5.09. The Morgan fingerprint density at radius 1 is 1.28 bits per heavy atom. The molecule has 1 aromatic carbocycles. The van der Waals surface area contributed by atoms with Gasteiger partial charge >= 0.3 is 0 Å². The number of aromatic nitrogens is 1. The van der Waals surface area contributed by atoms with Gasteiger partial charge in [0.15, 0.2) is 0 Å². The summed E-state index contributed by atoms with van der Waals surface area (Å²) in [5, 5.41) is 9.95. The lowest BCUT2D eigenvalue weighted by atomic mass is 10.1. The Balaban J connectivity index is 1.85. The van der Waals surface area contributed by atoms with Gasteiger partial charge in [-0.1, -0.05) is 12.1 Å². The average molecular weight is 239 g/mol. The quantitative estimate of drug-likeness (QED) is 0.895.